The van der Waals surface area contributed by atoms with E-state index in [0.717, 1.165) is 6.07 Å². The number of nitrogens with zero attached hydrogens (tertiary/aromatic N) is 2. The fourth-order valence-corrected chi connectivity index (χ4v) is 3.51. The summed E-state index contributed by atoms with van der Waals surface area (Å²) < 4.78 is 5.89. The molecule has 0 aliphatic heterocycles. The first kappa shape index (κ1) is 21.1. The molecule has 0 aliphatic carbocycles. The number of oxazole rings is 1. The van der Waals surface area contributed by atoms with Crippen LogP contribution in [-0.4, -0.2) is 20.9 Å². The van der Waals surface area contributed by atoms with Crippen LogP contribution in [0.2, 0.25) is 5.02 Å². The molecule has 4 aromatic rings. The molecule has 9 heteroatoms. The molecule has 1 heterocycles. The Kier molecular flexibility index (Phi) is 5.61. The first-order chi connectivity index (χ1) is 15.3. The lowest BCUT2D eigenvalue weighted by Gasteiger charge is -2.11. The van der Waals surface area contributed by atoms with Crippen molar-refractivity contribution in [1.82, 2.24) is 4.98 Å². The predicted octanol–water partition coefficient (Wildman–Crippen LogP) is 5.90. The van der Waals surface area contributed by atoms with Crippen molar-refractivity contribution in [2.24, 2.45) is 0 Å². The third-order valence-electron chi connectivity index (χ3n) is 4.66. The highest BCUT2D eigenvalue weighted by Gasteiger charge is 2.22. The molecule has 0 saturated carbocycles. The van der Waals surface area contributed by atoms with Crippen LogP contribution in [0.15, 0.2) is 71.1 Å². The van der Waals surface area contributed by atoms with Crippen molar-refractivity contribution in [1.29, 1.82) is 0 Å². The largest absolute Gasteiger partial charge is 0.507 e. The van der Waals surface area contributed by atoms with E-state index < -0.39 is 4.92 Å². The number of hydrogen-bond donors (Lipinski definition) is 2. The number of nitro benzene ring substituents is 1. The molecule has 0 aliphatic rings. The van der Waals surface area contributed by atoms with Crippen molar-refractivity contribution in [3.8, 4) is 39.5 Å². The molecule has 0 atom stereocenters. The quantitative estimate of drug-likeness (QED) is 0.289. The Balaban J connectivity index is 1.92. The highest BCUT2D eigenvalue weighted by Crippen LogP contribution is 2.42. The maximum absolute atomic E-state index is 11.6. The molecule has 0 spiro atoms. The van der Waals surface area contributed by atoms with E-state index in [2.05, 4.69) is 10.3 Å². The van der Waals surface area contributed by atoms with Crippen LogP contribution < -0.4 is 5.32 Å². The molecule has 2 N–H and O–H groups in total. The number of benzene rings is 3. The number of rotatable bonds is 5. The van der Waals surface area contributed by atoms with E-state index in [9.17, 15) is 20.0 Å². The number of carbonyl (C=O) groups is 1. The summed E-state index contributed by atoms with van der Waals surface area (Å²) in [4.78, 5) is 26.4. The van der Waals surface area contributed by atoms with Crippen molar-refractivity contribution in [2.75, 3.05) is 5.32 Å². The number of halogens is 1. The Hall–Kier alpha value is -4.17. The van der Waals surface area contributed by atoms with E-state index in [0.29, 0.717) is 38.7 Å². The zero-order valence-electron chi connectivity index (χ0n) is 16.7. The standard InChI is InChI=1S/C23H16ClN3O5/c1-13(28)25-23-26-21(14-5-4-6-15(24)11-14)22(32-23)19-8-3-2-7-17(19)18-10-9-16(27(30)31)12-20(18)29/h2-12,29H,1H3,(H,25,26,28). The predicted molar refractivity (Wildman–Crippen MR) is 120 cm³/mol. The van der Waals surface area contributed by atoms with Crippen molar-refractivity contribution >= 4 is 29.2 Å². The van der Waals surface area contributed by atoms with Crippen LogP contribution in [0.4, 0.5) is 11.7 Å². The van der Waals surface area contributed by atoms with E-state index >= 15 is 0 Å². The van der Waals surface area contributed by atoms with Gasteiger partial charge in [0.25, 0.3) is 5.69 Å². The molecule has 1 aromatic heterocycles. The lowest BCUT2D eigenvalue weighted by atomic mass is 9.95. The number of phenolic OH excluding ortho intramolecular Hbond substituents is 1. The van der Waals surface area contributed by atoms with Gasteiger partial charge < -0.3 is 9.52 Å². The van der Waals surface area contributed by atoms with E-state index in [1.165, 1.54) is 19.1 Å². The summed E-state index contributed by atoms with van der Waals surface area (Å²) in [7, 11) is 0. The monoisotopic (exact) mass is 449 g/mol. The molecule has 0 unspecified atom stereocenters. The van der Waals surface area contributed by atoms with Gasteiger partial charge in [0.2, 0.25) is 5.91 Å². The zero-order valence-corrected chi connectivity index (χ0v) is 17.5. The summed E-state index contributed by atoms with van der Waals surface area (Å²) in [6, 6.07) is 17.9. The van der Waals surface area contributed by atoms with E-state index in [1.807, 2.05) is 0 Å². The van der Waals surface area contributed by atoms with Crippen molar-refractivity contribution in [3.05, 3.63) is 81.9 Å². The number of phenols is 1. The first-order valence-corrected chi connectivity index (χ1v) is 9.83. The van der Waals surface area contributed by atoms with Gasteiger partial charge in [0.15, 0.2) is 5.76 Å². The number of non-ortho nitro benzene ring substituents is 1. The van der Waals surface area contributed by atoms with E-state index in [1.54, 1.807) is 48.5 Å². The molecule has 0 saturated heterocycles. The molecule has 1 amide bonds. The SMILES string of the molecule is CC(=O)Nc1nc(-c2cccc(Cl)c2)c(-c2ccccc2-c2ccc([N+](=O)[O-])cc2O)o1. The van der Waals surface area contributed by atoms with Crippen LogP contribution >= 0.6 is 11.6 Å². The number of hydrogen-bond acceptors (Lipinski definition) is 6. The zero-order chi connectivity index (χ0) is 22.8. The lowest BCUT2D eigenvalue weighted by Crippen LogP contribution is -2.05. The number of nitrogens with one attached hydrogen (secondary N) is 1. The number of aromatic hydroxyl groups is 1. The van der Waals surface area contributed by atoms with Gasteiger partial charge in [-0.25, -0.2) is 0 Å². The van der Waals surface area contributed by atoms with Crippen LogP contribution in [0.25, 0.3) is 33.7 Å². The second-order valence-corrected chi connectivity index (χ2v) is 7.33. The summed E-state index contributed by atoms with van der Waals surface area (Å²) in [5, 5.41) is 24.6. The molecule has 160 valence electrons. The molecular formula is C23H16ClN3O5. The maximum Gasteiger partial charge on any atom is 0.302 e. The van der Waals surface area contributed by atoms with Gasteiger partial charge in [-0.15, -0.1) is 0 Å². The molecule has 32 heavy (non-hydrogen) atoms. The second-order valence-electron chi connectivity index (χ2n) is 6.89. The van der Waals surface area contributed by atoms with Gasteiger partial charge in [0.1, 0.15) is 11.4 Å². The minimum atomic E-state index is -0.581. The molecule has 4 rings (SSSR count). The number of nitro groups is 1. The number of aromatic nitrogens is 1. The average Bonchev–Trinajstić information content (AvgIpc) is 3.16. The maximum atomic E-state index is 11.6. The second kappa shape index (κ2) is 8.52. The Morgan fingerprint density at radius 1 is 1.06 bits per heavy atom. The summed E-state index contributed by atoms with van der Waals surface area (Å²) in [5.74, 6) is -0.265. The highest BCUT2D eigenvalue weighted by molar-refractivity contribution is 6.30. The van der Waals surface area contributed by atoms with Gasteiger partial charge in [0, 0.05) is 34.7 Å². The molecule has 0 bridgehead atoms. The third kappa shape index (κ3) is 4.17. The normalized spacial score (nSPS) is 10.7. The molecule has 8 nitrogen and oxygen atoms in total. The highest BCUT2D eigenvalue weighted by atomic mass is 35.5. The lowest BCUT2D eigenvalue weighted by molar-refractivity contribution is -0.384. The fourth-order valence-electron chi connectivity index (χ4n) is 3.32. The minimum Gasteiger partial charge on any atom is -0.507 e. The van der Waals surface area contributed by atoms with Crippen molar-refractivity contribution in [3.63, 3.8) is 0 Å². The molecule has 0 fully saturated rings. The Bertz CT molecular complexity index is 1350. The number of carbonyl (C=O) groups excluding carboxylic acids is 1. The summed E-state index contributed by atoms with van der Waals surface area (Å²) in [6.07, 6.45) is 0. The third-order valence-corrected chi connectivity index (χ3v) is 4.90. The smallest absolute Gasteiger partial charge is 0.302 e. The van der Waals surface area contributed by atoms with Gasteiger partial charge in [0.05, 0.1) is 11.0 Å². The van der Waals surface area contributed by atoms with Crippen molar-refractivity contribution < 1.29 is 19.2 Å². The van der Waals surface area contributed by atoms with Gasteiger partial charge in [-0.2, -0.15) is 4.98 Å². The molecule has 0 radical (unpaired) electrons. The molecule has 3 aromatic carbocycles. The van der Waals surface area contributed by atoms with Gasteiger partial charge in [-0.3, -0.25) is 20.2 Å². The summed E-state index contributed by atoms with van der Waals surface area (Å²) in [6.45, 7) is 1.34. The van der Waals surface area contributed by atoms with Crippen LogP contribution in [0.5, 0.6) is 5.75 Å². The Labute approximate surface area is 187 Å². The van der Waals surface area contributed by atoms with E-state index in [-0.39, 0.29) is 23.4 Å². The Morgan fingerprint density at radius 2 is 1.81 bits per heavy atom. The minimum absolute atomic E-state index is 0.00481. The van der Waals surface area contributed by atoms with Crippen LogP contribution in [0, 0.1) is 10.1 Å². The van der Waals surface area contributed by atoms with Gasteiger partial charge in [-0.05, 0) is 23.8 Å². The first-order valence-electron chi connectivity index (χ1n) is 9.45. The number of anilines is 1. The summed E-state index contributed by atoms with van der Waals surface area (Å²) >= 11 is 6.16. The number of amides is 1. The Morgan fingerprint density at radius 3 is 2.47 bits per heavy atom. The average molecular weight is 450 g/mol. The van der Waals surface area contributed by atoms with Crippen LogP contribution in [0.3, 0.4) is 0 Å². The van der Waals surface area contributed by atoms with Gasteiger partial charge in [-0.1, -0.05) is 48.0 Å². The van der Waals surface area contributed by atoms with Gasteiger partial charge >= 0.3 is 6.01 Å². The van der Waals surface area contributed by atoms with E-state index in [4.69, 9.17) is 16.0 Å². The van der Waals surface area contributed by atoms with Crippen molar-refractivity contribution in [2.45, 2.75) is 6.92 Å². The summed E-state index contributed by atoms with van der Waals surface area (Å²) in [5.41, 5.74) is 2.38. The fraction of sp³-hybridized carbons (Fsp3) is 0.0435. The van der Waals surface area contributed by atoms with Crippen LogP contribution in [0.1, 0.15) is 6.92 Å². The topological polar surface area (TPSA) is 118 Å². The molecular weight excluding hydrogens is 434 g/mol. The van der Waals surface area contributed by atoms with Crippen LogP contribution in [-0.2, 0) is 4.79 Å².